The maximum Gasteiger partial charge on any atom is 0.251 e. The van der Waals surface area contributed by atoms with Gasteiger partial charge in [0.05, 0.1) is 16.6 Å². The Hall–Kier alpha value is -2.78. The Balaban J connectivity index is 1.80. The van der Waals surface area contributed by atoms with E-state index in [1.54, 1.807) is 16.7 Å². The highest BCUT2D eigenvalue weighted by molar-refractivity contribution is 7.89. The number of sulfonamides is 1. The molecule has 2 aromatic heterocycles. The quantitative estimate of drug-likeness (QED) is 0.711. The lowest BCUT2D eigenvalue weighted by Gasteiger charge is -2.14. The average Bonchev–Trinajstić information content (AvgIpc) is 3.02. The normalized spacial score (nSPS) is 12.9. The molecule has 3 aromatic rings. The Labute approximate surface area is 144 Å². The van der Waals surface area contributed by atoms with E-state index in [9.17, 15) is 13.2 Å². The molecule has 1 amide bonds. The fraction of sp³-hybridized carbons (Fsp3) is 0.188. The minimum atomic E-state index is -3.78. The molecule has 0 spiro atoms. The Kier molecular flexibility index (Phi) is 4.51. The zero-order valence-electron chi connectivity index (χ0n) is 13.5. The molecular weight excluding hydrogens is 342 g/mol. The summed E-state index contributed by atoms with van der Waals surface area (Å²) in [5.41, 5.74) is 1.04. The minimum Gasteiger partial charge on any atom is -0.344 e. The SMILES string of the molecule is CCC(NC(=O)c1ccc(S(N)(=O)=O)cc1)c1cn2cccnc2n1. The third-order valence-electron chi connectivity index (χ3n) is 3.77. The molecule has 1 aromatic carbocycles. The number of nitrogens with two attached hydrogens (primary N) is 1. The van der Waals surface area contributed by atoms with Gasteiger partial charge in [-0.05, 0) is 36.8 Å². The van der Waals surface area contributed by atoms with Crippen LogP contribution in [0.25, 0.3) is 5.78 Å². The van der Waals surface area contributed by atoms with Crippen LogP contribution in [0.1, 0.15) is 35.4 Å². The molecule has 2 heterocycles. The number of carbonyl (C=O) groups excluding carboxylic acids is 1. The zero-order valence-corrected chi connectivity index (χ0v) is 14.3. The van der Waals surface area contributed by atoms with Crippen molar-refractivity contribution >= 4 is 21.7 Å². The Morgan fingerprint density at radius 1 is 1.32 bits per heavy atom. The van der Waals surface area contributed by atoms with Crippen molar-refractivity contribution < 1.29 is 13.2 Å². The first-order valence-corrected chi connectivity index (χ1v) is 9.16. The second-order valence-corrected chi connectivity index (χ2v) is 7.06. The zero-order chi connectivity index (χ0) is 18.0. The van der Waals surface area contributed by atoms with Crippen molar-refractivity contribution in [1.82, 2.24) is 19.7 Å². The summed E-state index contributed by atoms with van der Waals surface area (Å²) < 4.78 is 24.3. The van der Waals surface area contributed by atoms with Gasteiger partial charge in [-0.1, -0.05) is 6.92 Å². The van der Waals surface area contributed by atoms with E-state index < -0.39 is 10.0 Å². The lowest BCUT2D eigenvalue weighted by molar-refractivity contribution is 0.0934. The smallest absolute Gasteiger partial charge is 0.251 e. The van der Waals surface area contributed by atoms with Crippen molar-refractivity contribution in [2.45, 2.75) is 24.3 Å². The van der Waals surface area contributed by atoms with Crippen molar-refractivity contribution in [3.63, 3.8) is 0 Å². The van der Waals surface area contributed by atoms with E-state index in [1.165, 1.54) is 24.3 Å². The number of amides is 1. The predicted molar refractivity (Wildman–Crippen MR) is 91.3 cm³/mol. The van der Waals surface area contributed by atoms with Crippen LogP contribution in [0, 0.1) is 0 Å². The number of benzene rings is 1. The van der Waals surface area contributed by atoms with E-state index in [4.69, 9.17) is 5.14 Å². The summed E-state index contributed by atoms with van der Waals surface area (Å²) in [5.74, 6) is 0.237. The molecule has 0 bridgehead atoms. The van der Waals surface area contributed by atoms with Crippen molar-refractivity contribution in [2.75, 3.05) is 0 Å². The van der Waals surface area contributed by atoms with Gasteiger partial charge in [-0.15, -0.1) is 0 Å². The molecule has 0 saturated carbocycles. The third-order valence-corrected chi connectivity index (χ3v) is 4.70. The van der Waals surface area contributed by atoms with Gasteiger partial charge in [0.15, 0.2) is 0 Å². The number of primary sulfonamides is 1. The van der Waals surface area contributed by atoms with Crippen LogP contribution in [0.4, 0.5) is 0 Å². The third kappa shape index (κ3) is 3.67. The standard InChI is InChI=1S/C16H17N5O3S/c1-2-13(14-10-21-9-3-8-18-16(21)20-14)19-15(22)11-4-6-12(7-5-11)25(17,23)24/h3-10,13H,2H2,1H3,(H,19,22)(H2,17,23,24). The van der Waals surface area contributed by atoms with E-state index >= 15 is 0 Å². The van der Waals surface area contributed by atoms with E-state index in [2.05, 4.69) is 15.3 Å². The summed E-state index contributed by atoms with van der Waals surface area (Å²) in [6.07, 6.45) is 5.95. The number of hydrogen-bond donors (Lipinski definition) is 2. The number of nitrogens with one attached hydrogen (secondary N) is 1. The molecule has 8 nitrogen and oxygen atoms in total. The molecule has 1 unspecified atom stereocenters. The molecule has 0 aliphatic rings. The second-order valence-electron chi connectivity index (χ2n) is 5.50. The Morgan fingerprint density at radius 2 is 2.04 bits per heavy atom. The topological polar surface area (TPSA) is 119 Å². The van der Waals surface area contributed by atoms with Crippen LogP contribution in [0.15, 0.2) is 53.8 Å². The molecule has 0 saturated heterocycles. The Morgan fingerprint density at radius 3 is 2.64 bits per heavy atom. The van der Waals surface area contributed by atoms with Gasteiger partial charge in [0.2, 0.25) is 15.8 Å². The van der Waals surface area contributed by atoms with Gasteiger partial charge in [0, 0.05) is 24.2 Å². The van der Waals surface area contributed by atoms with Crippen LogP contribution in [-0.4, -0.2) is 28.7 Å². The molecule has 3 rings (SSSR count). The summed E-state index contributed by atoms with van der Waals surface area (Å²) in [5, 5.41) is 7.95. The summed E-state index contributed by atoms with van der Waals surface area (Å²) in [7, 11) is -3.78. The lowest BCUT2D eigenvalue weighted by Crippen LogP contribution is -2.28. The van der Waals surface area contributed by atoms with Gasteiger partial charge in [0.1, 0.15) is 0 Å². The monoisotopic (exact) mass is 359 g/mol. The van der Waals surface area contributed by atoms with Crippen LogP contribution >= 0.6 is 0 Å². The van der Waals surface area contributed by atoms with Gasteiger partial charge in [-0.3, -0.25) is 9.20 Å². The minimum absolute atomic E-state index is 0.0393. The first-order chi connectivity index (χ1) is 11.9. The van der Waals surface area contributed by atoms with E-state index in [0.29, 0.717) is 23.5 Å². The highest BCUT2D eigenvalue weighted by Crippen LogP contribution is 2.17. The molecule has 0 radical (unpaired) electrons. The summed E-state index contributed by atoms with van der Waals surface area (Å²) in [4.78, 5) is 21.0. The van der Waals surface area contributed by atoms with Crippen molar-refractivity contribution in [3.8, 4) is 0 Å². The van der Waals surface area contributed by atoms with Gasteiger partial charge in [-0.25, -0.2) is 23.5 Å². The molecule has 130 valence electrons. The maximum absolute atomic E-state index is 12.4. The highest BCUT2D eigenvalue weighted by atomic mass is 32.2. The van der Waals surface area contributed by atoms with Gasteiger partial charge >= 0.3 is 0 Å². The molecule has 9 heteroatoms. The summed E-state index contributed by atoms with van der Waals surface area (Å²) in [6, 6.07) is 6.97. The number of hydrogen-bond acceptors (Lipinski definition) is 5. The fourth-order valence-corrected chi connectivity index (χ4v) is 2.95. The molecular formula is C16H17N5O3S. The molecule has 0 aliphatic carbocycles. The summed E-state index contributed by atoms with van der Waals surface area (Å²) in [6.45, 7) is 1.94. The van der Waals surface area contributed by atoms with Crippen molar-refractivity contribution in [3.05, 3.63) is 60.2 Å². The number of aromatic nitrogens is 3. The van der Waals surface area contributed by atoms with Crippen LogP contribution in [0.5, 0.6) is 0 Å². The van der Waals surface area contributed by atoms with Gasteiger partial charge in [0.25, 0.3) is 5.91 Å². The van der Waals surface area contributed by atoms with Crippen LogP contribution in [0.3, 0.4) is 0 Å². The first kappa shape index (κ1) is 17.1. The predicted octanol–water partition coefficient (Wildman–Crippen LogP) is 1.26. The van der Waals surface area contributed by atoms with Crippen molar-refractivity contribution in [1.29, 1.82) is 0 Å². The number of fused-ring (bicyclic) bond motifs is 1. The van der Waals surface area contributed by atoms with Crippen LogP contribution < -0.4 is 10.5 Å². The number of imidazole rings is 1. The maximum atomic E-state index is 12.4. The average molecular weight is 359 g/mol. The van der Waals surface area contributed by atoms with E-state index in [0.717, 1.165) is 0 Å². The van der Waals surface area contributed by atoms with Gasteiger partial charge in [-0.2, -0.15) is 0 Å². The Bertz CT molecular complexity index is 979. The van der Waals surface area contributed by atoms with Crippen LogP contribution in [0.2, 0.25) is 0 Å². The molecule has 3 N–H and O–H groups in total. The first-order valence-electron chi connectivity index (χ1n) is 7.62. The molecule has 0 aliphatic heterocycles. The fourth-order valence-electron chi connectivity index (χ4n) is 2.44. The molecule has 0 fully saturated rings. The number of nitrogens with zero attached hydrogens (tertiary/aromatic N) is 3. The highest BCUT2D eigenvalue weighted by Gasteiger charge is 2.18. The number of carbonyl (C=O) groups is 1. The second kappa shape index (κ2) is 6.61. The largest absolute Gasteiger partial charge is 0.344 e. The van der Waals surface area contributed by atoms with E-state index in [-0.39, 0.29) is 16.8 Å². The van der Waals surface area contributed by atoms with Gasteiger partial charge < -0.3 is 5.32 Å². The van der Waals surface area contributed by atoms with E-state index in [1.807, 2.05) is 19.3 Å². The lowest BCUT2D eigenvalue weighted by atomic mass is 10.1. The summed E-state index contributed by atoms with van der Waals surface area (Å²) >= 11 is 0. The number of rotatable bonds is 5. The molecule has 1 atom stereocenters. The van der Waals surface area contributed by atoms with Crippen molar-refractivity contribution in [2.24, 2.45) is 5.14 Å². The molecule has 25 heavy (non-hydrogen) atoms. The van der Waals surface area contributed by atoms with Crippen LogP contribution in [-0.2, 0) is 10.0 Å².